The van der Waals surface area contributed by atoms with Gasteiger partial charge in [-0.15, -0.1) is 0 Å². The maximum atomic E-state index is 12.1. The molecule has 0 fully saturated rings. The largest absolute Gasteiger partial charge is 0.497 e. The SMILES string of the molecule is COc1cccc(CCC(=O)Nc2ccc(-c3nc[nH]c3C)cc2)c1. The Hall–Kier alpha value is -3.08. The Bertz CT molecular complexity index is 853. The molecule has 0 aliphatic rings. The first kappa shape index (κ1) is 16.8. The van der Waals surface area contributed by atoms with E-state index < -0.39 is 0 Å². The molecule has 5 nitrogen and oxygen atoms in total. The second kappa shape index (κ2) is 7.66. The van der Waals surface area contributed by atoms with Crippen molar-refractivity contribution in [1.82, 2.24) is 9.97 Å². The van der Waals surface area contributed by atoms with Gasteiger partial charge in [-0.1, -0.05) is 24.3 Å². The fourth-order valence-corrected chi connectivity index (χ4v) is 2.67. The first-order valence-corrected chi connectivity index (χ1v) is 8.19. The predicted octanol–water partition coefficient (Wildman–Crippen LogP) is 3.97. The van der Waals surface area contributed by atoms with Gasteiger partial charge in [0.1, 0.15) is 5.75 Å². The molecular formula is C20H21N3O2. The molecule has 2 aromatic carbocycles. The number of aryl methyl sites for hydroxylation is 2. The van der Waals surface area contributed by atoms with Crippen molar-refractivity contribution in [3.63, 3.8) is 0 Å². The van der Waals surface area contributed by atoms with Crippen LogP contribution in [0.5, 0.6) is 5.75 Å². The molecule has 5 heteroatoms. The van der Waals surface area contributed by atoms with E-state index in [9.17, 15) is 4.79 Å². The monoisotopic (exact) mass is 335 g/mol. The number of methoxy groups -OCH3 is 1. The summed E-state index contributed by atoms with van der Waals surface area (Å²) in [5.74, 6) is 0.800. The summed E-state index contributed by atoms with van der Waals surface area (Å²) >= 11 is 0. The second-order valence-electron chi connectivity index (χ2n) is 5.85. The van der Waals surface area contributed by atoms with E-state index in [-0.39, 0.29) is 5.91 Å². The van der Waals surface area contributed by atoms with Gasteiger partial charge >= 0.3 is 0 Å². The van der Waals surface area contributed by atoms with Crippen molar-refractivity contribution in [1.29, 1.82) is 0 Å². The number of aromatic nitrogens is 2. The number of rotatable bonds is 6. The molecule has 128 valence electrons. The summed E-state index contributed by atoms with van der Waals surface area (Å²) in [6.07, 6.45) is 2.78. The molecule has 25 heavy (non-hydrogen) atoms. The van der Waals surface area contributed by atoms with Gasteiger partial charge in [-0.05, 0) is 43.2 Å². The third kappa shape index (κ3) is 4.26. The van der Waals surface area contributed by atoms with Gasteiger partial charge in [-0.3, -0.25) is 4.79 Å². The van der Waals surface area contributed by atoms with E-state index in [1.165, 1.54) is 0 Å². The number of carbonyl (C=O) groups excluding carboxylic acids is 1. The lowest BCUT2D eigenvalue weighted by Crippen LogP contribution is -2.12. The molecule has 1 aromatic heterocycles. The van der Waals surface area contributed by atoms with Crippen LogP contribution >= 0.6 is 0 Å². The molecule has 0 aliphatic carbocycles. The number of ether oxygens (including phenoxy) is 1. The molecule has 0 radical (unpaired) electrons. The van der Waals surface area contributed by atoms with Gasteiger partial charge in [0.15, 0.2) is 0 Å². The Morgan fingerprint density at radius 1 is 1.20 bits per heavy atom. The smallest absolute Gasteiger partial charge is 0.224 e. The van der Waals surface area contributed by atoms with Crippen LogP contribution in [-0.2, 0) is 11.2 Å². The number of H-pyrrole nitrogens is 1. The Labute approximate surface area is 147 Å². The number of aromatic amines is 1. The minimum atomic E-state index is -0.00785. The van der Waals surface area contributed by atoms with Gasteiger partial charge in [-0.25, -0.2) is 4.98 Å². The van der Waals surface area contributed by atoms with E-state index in [0.717, 1.165) is 34.0 Å². The lowest BCUT2D eigenvalue weighted by molar-refractivity contribution is -0.116. The zero-order valence-corrected chi connectivity index (χ0v) is 14.4. The number of carbonyl (C=O) groups is 1. The number of benzene rings is 2. The van der Waals surface area contributed by atoms with Crippen LogP contribution in [0.1, 0.15) is 17.7 Å². The normalized spacial score (nSPS) is 10.5. The van der Waals surface area contributed by atoms with Crippen LogP contribution in [0.3, 0.4) is 0 Å². The van der Waals surface area contributed by atoms with E-state index >= 15 is 0 Å². The lowest BCUT2D eigenvalue weighted by Gasteiger charge is -2.07. The molecule has 3 aromatic rings. The third-order valence-electron chi connectivity index (χ3n) is 4.05. The number of imidazole rings is 1. The summed E-state index contributed by atoms with van der Waals surface area (Å²) in [6.45, 7) is 1.98. The van der Waals surface area contributed by atoms with Crippen molar-refractivity contribution in [2.45, 2.75) is 19.8 Å². The minimum absolute atomic E-state index is 0.00785. The maximum Gasteiger partial charge on any atom is 0.224 e. The van der Waals surface area contributed by atoms with Crippen LogP contribution in [0.4, 0.5) is 5.69 Å². The summed E-state index contributed by atoms with van der Waals surface area (Å²) in [4.78, 5) is 19.5. The maximum absolute atomic E-state index is 12.1. The molecule has 3 rings (SSSR count). The molecule has 2 N–H and O–H groups in total. The summed E-state index contributed by atoms with van der Waals surface area (Å²) in [6, 6.07) is 15.5. The van der Waals surface area contributed by atoms with Crippen LogP contribution in [0.25, 0.3) is 11.3 Å². The Kier molecular flexibility index (Phi) is 5.14. The first-order chi connectivity index (χ1) is 12.2. The summed E-state index contributed by atoms with van der Waals surface area (Å²) in [5.41, 5.74) is 4.84. The highest BCUT2D eigenvalue weighted by Crippen LogP contribution is 2.22. The lowest BCUT2D eigenvalue weighted by atomic mass is 10.1. The standard InChI is InChI=1S/C20H21N3O2/c1-14-20(22-13-21-14)16-7-9-17(10-8-16)23-19(24)11-6-15-4-3-5-18(12-15)25-2/h3-5,7-10,12-13H,6,11H2,1-2H3,(H,21,22)(H,23,24). The average molecular weight is 335 g/mol. The Morgan fingerprint density at radius 2 is 2.00 bits per heavy atom. The van der Waals surface area contributed by atoms with E-state index in [2.05, 4.69) is 15.3 Å². The molecule has 0 atom stereocenters. The fraction of sp³-hybridized carbons (Fsp3) is 0.200. The van der Waals surface area contributed by atoms with E-state index in [1.54, 1.807) is 13.4 Å². The molecule has 1 heterocycles. The molecule has 0 spiro atoms. The molecule has 1 amide bonds. The van der Waals surface area contributed by atoms with Gasteiger partial charge in [0, 0.05) is 23.4 Å². The molecule has 0 bridgehead atoms. The van der Waals surface area contributed by atoms with E-state index in [1.807, 2.05) is 55.5 Å². The molecular weight excluding hydrogens is 314 g/mol. The molecule has 0 unspecified atom stereocenters. The summed E-state index contributed by atoms with van der Waals surface area (Å²) < 4.78 is 5.20. The van der Waals surface area contributed by atoms with Crippen molar-refractivity contribution in [2.75, 3.05) is 12.4 Å². The van der Waals surface area contributed by atoms with Crippen molar-refractivity contribution in [3.05, 3.63) is 66.1 Å². The van der Waals surface area contributed by atoms with Crippen molar-refractivity contribution >= 4 is 11.6 Å². The van der Waals surface area contributed by atoms with Crippen LogP contribution in [-0.4, -0.2) is 23.0 Å². The summed E-state index contributed by atoms with van der Waals surface area (Å²) in [7, 11) is 1.64. The van der Waals surface area contributed by atoms with Crippen molar-refractivity contribution in [2.24, 2.45) is 0 Å². The summed E-state index contributed by atoms with van der Waals surface area (Å²) in [5, 5.41) is 2.93. The van der Waals surface area contributed by atoms with Gasteiger partial charge < -0.3 is 15.0 Å². The number of hydrogen-bond donors (Lipinski definition) is 2. The number of amides is 1. The van der Waals surface area contributed by atoms with Gasteiger partial charge in [0.05, 0.1) is 19.1 Å². The second-order valence-corrected chi connectivity index (χ2v) is 5.85. The molecule has 0 saturated heterocycles. The highest BCUT2D eigenvalue weighted by atomic mass is 16.5. The number of nitrogens with zero attached hydrogens (tertiary/aromatic N) is 1. The van der Waals surface area contributed by atoms with Crippen LogP contribution in [0.2, 0.25) is 0 Å². The van der Waals surface area contributed by atoms with E-state index in [0.29, 0.717) is 12.8 Å². The first-order valence-electron chi connectivity index (χ1n) is 8.19. The highest BCUT2D eigenvalue weighted by molar-refractivity contribution is 5.91. The third-order valence-corrected chi connectivity index (χ3v) is 4.05. The zero-order chi connectivity index (χ0) is 17.6. The van der Waals surface area contributed by atoms with Crippen LogP contribution < -0.4 is 10.1 Å². The van der Waals surface area contributed by atoms with Gasteiger partial charge in [0.2, 0.25) is 5.91 Å². The molecule has 0 saturated carbocycles. The minimum Gasteiger partial charge on any atom is -0.497 e. The van der Waals surface area contributed by atoms with Crippen LogP contribution in [0, 0.1) is 6.92 Å². The Balaban J connectivity index is 1.56. The molecule has 0 aliphatic heterocycles. The number of nitrogens with one attached hydrogen (secondary N) is 2. The van der Waals surface area contributed by atoms with E-state index in [4.69, 9.17) is 4.74 Å². The number of hydrogen-bond acceptors (Lipinski definition) is 3. The van der Waals surface area contributed by atoms with Crippen molar-refractivity contribution < 1.29 is 9.53 Å². The predicted molar refractivity (Wildman–Crippen MR) is 98.7 cm³/mol. The number of anilines is 1. The quantitative estimate of drug-likeness (QED) is 0.716. The highest BCUT2D eigenvalue weighted by Gasteiger charge is 2.07. The van der Waals surface area contributed by atoms with Gasteiger partial charge in [0.25, 0.3) is 0 Å². The topological polar surface area (TPSA) is 67.0 Å². The fourth-order valence-electron chi connectivity index (χ4n) is 2.67. The Morgan fingerprint density at radius 3 is 2.68 bits per heavy atom. The van der Waals surface area contributed by atoms with Crippen molar-refractivity contribution in [3.8, 4) is 17.0 Å². The average Bonchev–Trinajstić information content (AvgIpc) is 3.07. The van der Waals surface area contributed by atoms with Gasteiger partial charge in [-0.2, -0.15) is 0 Å². The zero-order valence-electron chi connectivity index (χ0n) is 14.4. The van der Waals surface area contributed by atoms with Crippen LogP contribution in [0.15, 0.2) is 54.9 Å².